The summed E-state index contributed by atoms with van der Waals surface area (Å²) in [6.45, 7) is 0.811. The number of benzene rings is 1. The monoisotopic (exact) mass is 187 g/mol. The van der Waals surface area contributed by atoms with Crippen molar-refractivity contribution < 1.29 is 0 Å². The topological polar surface area (TPSA) is 29.9 Å². The molecule has 0 amide bonds. The highest BCUT2D eigenvalue weighted by atomic mass is 15.2. The first-order valence-electron chi connectivity index (χ1n) is 4.61. The lowest BCUT2D eigenvalue weighted by molar-refractivity contribution is 0.900. The molecule has 0 spiro atoms. The third-order valence-electron chi connectivity index (χ3n) is 2.11. The zero-order valence-corrected chi connectivity index (χ0v) is 8.14. The Bertz CT molecular complexity index is 392. The van der Waals surface area contributed by atoms with Gasteiger partial charge in [-0.1, -0.05) is 30.3 Å². The summed E-state index contributed by atoms with van der Waals surface area (Å²) in [5.41, 5.74) is 1.26. The summed E-state index contributed by atoms with van der Waals surface area (Å²) in [6, 6.07) is 10.3. The molecule has 0 saturated carbocycles. The van der Waals surface area contributed by atoms with Crippen molar-refractivity contribution in [1.82, 2.24) is 9.55 Å². The van der Waals surface area contributed by atoms with E-state index in [0.717, 1.165) is 12.5 Å². The molecular formula is C11H13N3. The minimum atomic E-state index is 0.811. The fourth-order valence-corrected chi connectivity index (χ4v) is 1.31. The van der Waals surface area contributed by atoms with Crippen LogP contribution in [0.4, 0.5) is 5.95 Å². The largest absolute Gasteiger partial charge is 0.352 e. The summed E-state index contributed by atoms with van der Waals surface area (Å²) in [5.74, 6) is 0.897. The van der Waals surface area contributed by atoms with Crippen molar-refractivity contribution >= 4 is 5.95 Å². The van der Waals surface area contributed by atoms with Gasteiger partial charge in [0, 0.05) is 26.0 Å². The Kier molecular flexibility index (Phi) is 2.49. The molecule has 0 aliphatic carbocycles. The molecule has 2 aromatic rings. The molecule has 0 radical (unpaired) electrons. The second-order valence-corrected chi connectivity index (χ2v) is 3.20. The summed E-state index contributed by atoms with van der Waals surface area (Å²) in [5, 5.41) is 3.26. The molecule has 0 atom stereocenters. The van der Waals surface area contributed by atoms with Crippen LogP contribution >= 0.6 is 0 Å². The van der Waals surface area contributed by atoms with Gasteiger partial charge in [0.1, 0.15) is 0 Å². The predicted molar refractivity (Wildman–Crippen MR) is 57.0 cm³/mol. The van der Waals surface area contributed by atoms with Crippen molar-refractivity contribution in [3.8, 4) is 0 Å². The zero-order chi connectivity index (χ0) is 9.80. The van der Waals surface area contributed by atoms with E-state index in [2.05, 4.69) is 22.4 Å². The number of nitrogens with one attached hydrogen (secondary N) is 1. The second kappa shape index (κ2) is 3.96. The zero-order valence-electron chi connectivity index (χ0n) is 8.14. The van der Waals surface area contributed by atoms with Crippen molar-refractivity contribution in [3.63, 3.8) is 0 Å². The van der Waals surface area contributed by atoms with Gasteiger partial charge in [-0.25, -0.2) is 4.98 Å². The van der Waals surface area contributed by atoms with Gasteiger partial charge in [0.05, 0.1) is 0 Å². The van der Waals surface area contributed by atoms with Gasteiger partial charge in [-0.05, 0) is 5.56 Å². The van der Waals surface area contributed by atoms with Crippen molar-refractivity contribution in [3.05, 3.63) is 48.3 Å². The van der Waals surface area contributed by atoms with Crippen LogP contribution in [-0.2, 0) is 13.6 Å². The Balaban J connectivity index is 1.99. The Morgan fingerprint density at radius 1 is 1.29 bits per heavy atom. The van der Waals surface area contributed by atoms with E-state index in [1.807, 2.05) is 36.0 Å². The average molecular weight is 187 g/mol. The quantitative estimate of drug-likeness (QED) is 0.796. The van der Waals surface area contributed by atoms with Gasteiger partial charge >= 0.3 is 0 Å². The Labute approximate surface area is 83.4 Å². The van der Waals surface area contributed by atoms with Crippen LogP contribution in [0, 0.1) is 0 Å². The van der Waals surface area contributed by atoms with Gasteiger partial charge < -0.3 is 9.88 Å². The highest BCUT2D eigenvalue weighted by molar-refractivity contribution is 5.28. The van der Waals surface area contributed by atoms with Crippen LogP contribution in [-0.4, -0.2) is 9.55 Å². The number of nitrogens with zero attached hydrogens (tertiary/aromatic N) is 2. The molecule has 1 aromatic heterocycles. The number of anilines is 1. The Morgan fingerprint density at radius 2 is 2.07 bits per heavy atom. The average Bonchev–Trinajstić information content (AvgIpc) is 2.63. The van der Waals surface area contributed by atoms with Crippen molar-refractivity contribution in [1.29, 1.82) is 0 Å². The van der Waals surface area contributed by atoms with Gasteiger partial charge in [0.15, 0.2) is 0 Å². The fourth-order valence-electron chi connectivity index (χ4n) is 1.31. The number of aromatic nitrogens is 2. The number of hydrogen-bond acceptors (Lipinski definition) is 2. The van der Waals surface area contributed by atoms with Gasteiger partial charge in [-0.3, -0.25) is 0 Å². The van der Waals surface area contributed by atoms with Crippen LogP contribution in [0.25, 0.3) is 0 Å². The van der Waals surface area contributed by atoms with E-state index in [4.69, 9.17) is 0 Å². The molecule has 0 saturated heterocycles. The molecule has 0 bridgehead atoms. The molecule has 2 rings (SSSR count). The van der Waals surface area contributed by atoms with Crippen LogP contribution in [0.3, 0.4) is 0 Å². The standard InChI is InChI=1S/C11H13N3/c1-14-8-7-12-11(14)13-9-10-5-3-2-4-6-10/h2-8H,9H2,1H3,(H,12,13). The van der Waals surface area contributed by atoms with Crippen LogP contribution in [0.1, 0.15) is 5.56 Å². The van der Waals surface area contributed by atoms with Gasteiger partial charge in [0.25, 0.3) is 0 Å². The molecular weight excluding hydrogens is 174 g/mol. The first kappa shape index (κ1) is 8.81. The summed E-state index contributed by atoms with van der Waals surface area (Å²) in [4.78, 5) is 4.18. The highest BCUT2D eigenvalue weighted by Gasteiger charge is 1.96. The highest BCUT2D eigenvalue weighted by Crippen LogP contribution is 2.04. The minimum absolute atomic E-state index is 0.811. The third kappa shape index (κ3) is 1.93. The number of imidazole rings is 1. The van der Waals surface area contributed by atoms with E-state index < -0.39 is 0 Å². The Hall–Kier alpha value is -1.77. The maximum atomic E-state index is 4.18. The predicted octanol–water partition coefficient (Wildman–Crippen LogP) is 2.03. The lowest BCUT2D eigenvalue weighted by atomic mass is 10.2. The van der Waals surface area contributed by atoms with Gasteiger partial charge in [-0.15, -0.1) is 0 Å². The summed E-state index contributed by atoms with van der Waals surface area (Å²) < 4.78 is 1.96. The molecule has 0 aliphatic heterocycles. The fraction of sp³-hybridized carbons (Fsp3) is 0.182. The van der Waals surface area contributed by atoms with Crippen LogP contribution in [0.15, 0.2) is 42.7 Å². The van der Waals surface area contributed by atoms with E-state index in [-0.39, 0.29) is 0 Å². The molecule has 3 nitrogen and oxygen atoms in total. The molecule has 3 heteroatoms. The molecule has 14 heavy (non-hydrogen) atoms. The van der Waals surface area contributed by atoms with E-state index in [9.17, 15) is 0 Å². The molecule has 1 N–H and O–H groups in total. The molecule has 72 valence electrons. The van der Waals surface area contributed by atoms with Crippen LogP contribution < -0.4 is 5.32 Å². The summed E-state index contributed by atoms with van der Waals surface area (Å²) in [7, 11) is 1.97. The lowest BCUT2D eigenvalue weighted by Crippen LogP contribution is -2.04. The second-order valence-electron chi connectivity index (χ2n) is 3.20. The van der Waals surface area contributed by atoms with E-state index in [0.29, 0.717) is 0 Å². The number of rotatable bonds is 3. The first-order valence-corrected chi connectivity index (χ1v) is 4.61. The number of hydrogen-bond donors (Lipinski definition) is 1. The van der Waals surface area contributed by atoms with Gasteiger partial charge in [-0.2, -0.15) is 0 Å². The van der Waals surface area contributed by atoms with E-state index in [1.165, 1.54) is 5.56 Å². The third-order valence-corrected chi connectivity index (χ3v) is 2.11. The van der Waals surface area contributed by atoms with Crippen LogP contribution in [0.2, 0.25) is 0 Å². The van der Waals surface area contributed by atoms with Crippen molar-refractivity contribution in [2.24, 2.45) is 7.05 Å². The number of aryl methyl sites for hydroxylation is 1. The SMILES string of the molecule is Cn1ccnc1NCc1ccccc1. The minimum Gasteiger partial charge on any atom is -0.352 e. The maximum Gasteiger partial charge on any atom is 0.202 e. The Morgan fingerprint density at radius 3 is 2.71 bits per heavy atom. The molecule has 0 fully saturated rings. The maximum absolute atomic E-state index is 4.18. The summed E-state index contributed by atoms with van der Waals surface area (Å²) in [6.07, 6.45) is 3.71. The van der Waals surface area contributed by atoms with Crippen LogP contribution in [0.5, 0.6) is 0 Å². The van der Waals surface area contributed by atoms with E-state index in [1.54, 1.807) is 6.20 Å². The molecule has 1 aromatic carbocycles. The van der Waals surface area contributed by atoms with Gasteiger partial charge in [0.2, 0.25) is 5.95 Å². The van der Waals surface area contributed by atoms with Crippen molar-refractivity contribution in [2.45, 2.75) is 6.54 Å². The molecule has 0 unspecified atom stereocenters. The lowest BCUT2D eigenvalue weighted by Gasteiger charge is -2.05. The smallest absolute Gasteiger partial charge is 0.202 e. The normalized spacial score (nSPS) is 10.1. The molecule has 0 aliphatic rings. The summed E-state index contributed by atoms with van der Waals surface area (Å²) >= 11 is 0. The first-order chi connectivity index (χ1) is 6.86. The van der Waals surface area contributed by atoms with Crippen molar-refractivity contribution in [2.75, 3.05) is 5.32 Å². The van der Waals surface area contributed by atoms with E-state index >= 15 is 0 Å². The molecule has 1 heterocycles.